The number of nitrogens with one attached hydrogen (secondary N) is 3. The third kappa shape index (κ3) is 3.72. The Kier molecular flexibility index (Phi) is 5.36. The summed E-state index contributed by atoms with van der Waals surface area (Å²) in [6, 6.07) is 15.4. The summed E-state index contributed by atoms with van der Waals surface area (Å²) in [5.41, 5.74) is 8.77. The minimum Gasteiger partial charge on any atom is -0.320 e. The molecule has 8 heteroatoms. The number of aromatic amines is 1. The second-order valence-electron chi connectivity index (χ2n) is 9.41. The molecule has 33 heavy (non-hydrogen) atoms. The van der Waals surface area contributed by atoms with E-state index >= 15 is 0 Å². The van der Waals surface area contributed by atoms with Crippen LogP contribution < -0.4 is 10.9 Å². The molecule has 3 aliphatic rings. The predicted octanol–water partition coefficient (Wildman–Crippen LogP) is 3.23. The minimum atomic E-state index is -0.790. The molecule has 0 radical (unpaired) electrons. The van der Waals surface area contributed by atoms with Gasteiger partial charge in [-0.2, -0.15) is 5.10 Å². The molecule has 2 aromatic carbocycles. The van der Waals surface area contributed by atoms with Crippen molar-refractivity contribution in [3.05, 3.63) is 77.1 Å². The Hall–Kier alpha value is -2.81. The molecule has 0 aliphatic carbocycles. The first-order valence-corrected chi connectivity index (χ1v) is 12.0. The molecule has 172 valence electrons. The summed E-state index contributed by atoms with van der Waals surface area (Å²) in [4.78, 5) is 10.1. The first-order chi connectivity index (χ1) is 16.2. The van der Waals surface area contributed by atoms with E-state index in [1.165, 1.54) is 50.9 Å². The van der Waals surface area contributed by atoms with Gasteiger partial charge in [0, 0.05) is 24.7 Å². The largest absolute Gasteiger partial charge is 0.320 e. The van der Waals surface area contributed by atoms with Crippen LogP contribution in [0.25, 0.3) is 0 Å². The number of H-pyrrole nitrogens is 1. The second kappa shape index (κ2) is 8.52. The lowest BCUT2D eigenvalue weighted by molar-refractivity contribution is 0.121. The highest BCUT2D eigenvalue weighted by Gasteiger charge is 2.45. The molecule has 2 fully saturated rings. The first kappa shape index (κ1) is 20.8. The number of rotatable bonds is 5. The van der Waals surface area contributed by atoms with Crippen LogP contribution in [0.3, 0.4) is 0 Å². The van der Waals surface area contributed by atoms with Crippen LogP contribution >= 0.6 is 0 Å². The van der Waals surface area contributed by atoms with Crippen LogP contribution in [-0.4, -0.2) is 57.2 Å². The van der Waals surface area contributed by atoms with Crippen LogP contribution in [0.15, 0.2) is 48.5 Å². The second-order valence-corrected chi connectivity index (χ2v) is 9.41. The SMILES string of the molecule is Fc1ccc(C2(c3n[nH]c(CN4CCC(N5CCCC5)CC4)n3)NNc3ccccc32)cc1. The van der Waals surface area contributed by atoms with Crippen LogP contribution in [-0.2, 0) is 12.1 Å². The molecule has 4 heterocycles. The molecule has 2 saturated heterocycles. The molecule has 3 aromatic rings. The first-order valence-electron chi connectivity index (χ1n) is 12.0. The summed E-state index contributed by atoms with van der Waals surface area (Å²) in [7, 11) is 0. The van der Waals surface area contributed by atoms with E-state index in [0.717, 1.165) is 48.3 Å². The number of piperidine rings is 1. The summed E-state index contributed by atoms with van der Waals surface area (Å²) in [6.45, 7) is 5.47. The van der Waals surface area contributed by atoms with E-state index in [9.17, 15) is 4.39 Å². The zero-order valence-corrected chi connectivity index (χ0v) is 18.7. The van der Waals surface area contributed by atoms with Crippen molar-refractivity contribution < 1.29 is 4.39 Å². The highest BCUT2D eigenvalue weighted by atomic mass is 19.1. The molecule has 7 nitrogen and oxygen atoms in total. The van der Waals surface area contributed by atoms with Gasteiger partial charge in [0.1, 0.15) is 11.6 Å². The number of hydrogen-bond acceptors (Lipinski definition) is 6. The van der Waals surface area contributed by atoms with E-state index in [0.29, 0.717) is 5.82 Å². The van der Waals surface area contributed by atoms with Crippen molar-refractivity contribution in [3.8, 4) is 0 Å². The quantitative estimate of drug-likeness (QED) is 0.558. The van der Waals surface area contributed by atoms with Gasteiger partial charge in [-0.15, -0.1) is 0 Å². The van der Waals surface area contributed by atoms with Gasteiger partial charge < -0.3 is 10.3 Å². The van der Waals surface area contributed by atoms with Crippen LogP contribution in [0.5, 0.6) is 0 Å². The molecule has 0 spiro atoms. The lowest BCUT2D eigenvalue weighted by Gasteiger charge is -2.36. The normalized spacial score (nSPS) is 24.2. The highest BCUT2D eigenvalue weighted by Crippen LogP contribution is 2.42. The van der Waals surface area contributed by atoms with E-state index in [2.05, 4.69) is 36.9 Å². The van der Waals surface area contributed by atoms with Crippen molar-refractivity contribution in [2.24, 2.45) is 0 Å². The Bertz CT molecular complexity index is 1100. The fraction of sp³-hybridized carbons (Fsp3) is 0.440. The Morgan fingerprint density at radius 3 is 2.52 bits per heavy atom. The van der Waals surface area contributed by atoms with Crippen LogP contribution in [0.1, 0.15) is 48.5 Å². The van der Waals surface area contributed by atoms with Crippen molar-refractivity contribution in [2.75, 3.05) is 31.6 Å². The molecule has 1 atom stereocenters. The molecule has 3 aliphatic heterocycles. The average molecular weight is 448 g/mol. The standard InChI is InChI=1S/C25H30FN7/c26-19-9-7-18(8-10-19)25(21-5-1-2-6-22(21)28-31-25)24-27-23(29-30-24)17-32-15-11-20(12-16-32)33-13-3-4-14-33/h1-2,5-10,20,28,31H,3-4,11-17H2,(H,27,29,30). The molecule has 6 rings (SSSR count). The average Bonchev–Trinajstić information content (AvgIpc) is 3.61. The molecular weight excluding hydrogens is 417 g/mol. The molecule has 1 unspecified atom stereocenters. The van der Waals surface area contributed by atoms with Gasteiger partial charge >= 0.3 is 0 Å². The monoisotopic (exact) mass is 447 g/mol. The van der Waals surface area contributed by atoms with Gasteiger partial charge in [0.25, 0.3) is 0 Å². The zero-order valence-electron chi connectivity index (χ0n) is 18.7. The molecule has 0 bridgehead atoms. The Balaban J connectivity index is 1.24. The van der Waals surface area contributed by atoms with E-state index in [-0.39, 0.29) is 5.82 Å². The van der Waals surface area contributed by atoms with Gasteiger partial charge in [0.05, 0.1) is 12.2 Å². The van der Waals surface area contributed by atoms with Crippen LogP contribution in [0, 0.1) is 5.82 Å². The van der Waals surface area contributed by atoms with Crippen molar-refractivity contribution >= 4 is 5.69 Å². The maximum atomic E-state index is 13.7. The lowest BCUT2D eigenvalue weighted by Crippen LogP contribution is -2.43. The maximum absolute atomic E-state index is 13.7. The molecular formula is C25H30FN7. The number of halogens is 1. The lowest BCUT2D eigenvalue weighted by atomic mass is 9.83. The van der Waals surface area contributed by atoms with Crippen LogP contribution in [0.4, 0.5) is 10.1 Å². The minimum absolute atomic E-state index is 0.263. The molecule has 1 aromatic heterocycles. The Labute approximate surface area is 193 Å². The van der Waals surface area contributed by atoms with Crippen molar-refractivity contribution in [1.29, 1.82) is 0 Å². The number of aromatic nitrogens is 3. The highest BCUT2D eigenvalue weighted by molar-refractivity contribution is 5.64. The van der Waals surface area contributed by atoms with Gasteiger partial charge in [-0.1, -0.05) is 30.3 Å². The summed E-state index contributed by atoms with van der Waals surface area (Å²) >= 11 is 0. The summed E-state index contributed by atoms with van der Waals surface area (Å²) in [6.07, 6.45) is 5.14. The number of benzene rings is 2. The smallest absolute Gasteiger partial charge is 0.181 e. The van der Waals surface area contributed by atoms with Crippen molar-refractivity contribution in [3.63, 3.8) is 0 Å². The third-order valence-electron chi connectivity index (χ3n) is 7.45. The van der Waals surface area contributed by atoms with Crippen LogP contribution in [0.2, 0.25) is 0 Å². The van der Waals surface area contributed by atoms with Gasteiger partial charge in [0.2, 0.25) is 0 Å². The number of anilines is 1. The van der Waals surface area contributed by atoms with Crippen molar-refractivity contribution in [1.82, 2.24) is 30.4 Å². The number of hydrazine groups is 1. The van der Waals surface area contributed by atoms with E-state index in [4.69, 9.17) is 4.98 Å². The van der Waals surface area contributed by atoms with E-state index in [1.54, 1.807) is 12.1 Å². The number of fused-ring (bicyclic) bond motifs is 1. The fourth-order valence-corrected chi connectivity index (χ4v) is 5.68. The van der Waals surface area contributed by atoms with Gasteiger partial charge in [-0.3, -0.25) is 10.00 Å². The fourth-order valence-electron chi connectivity index (χ4n) is 5.68. The summed E-state index contributed by atoms with van der Waals surface area (Å²) in [5.74, 6) is 1.23. The third-order valence-corrected chi connectivity index (χ3v) is 7.45. The predicted molar refractivity (Wildman–Crippen MR) is 125 cm³/mol. The maximum Gasteiger partial charge on any atom is 0.181 e. The summed E-state index contributed by atoms with van der Waals surface area (Å²) < 4.78 is 13.7. The number of hydrogen-bond donors (Lipinski definition) is 3. The number of para-hydroxylation sites is 1. The Morgan fingerprint density at radius 2 is 1.73 bits per heavy atom. The van der Waals surface area contributed by atoms with Crippen molar-refractivity contribution in [2.45, 2.75) is 43.8 Å². The Morgan fingerprint density at radius 1 is 0.970 bits per heavy atom. The van der Waals surface area contributed by atoms with Gasteiger partial charge in [-0.25, -0.2) is 14.8 Å². The number of likely N-dealkylation sites (tertiary alicyclic amines) is 2. The van der Waals surface area contributed by atoms with E-state index in [1.807, 2.05) is 18.2 Å². The van der Waals surface area contributed by atoms with Gasteiger partial charge in [0.15, 0.2) is 11.4 Å². The zero-order chi connectivity index (χ0) is 22.3. The molecule has 3 N–H and O–H groups in total. The molecule has 0 saturated carbocycles. The van der Waals surface area contributed by atoms with E-state index < -0.39 is 5.54 Å². The summed E-state index contributed by atoms with van der Waals surface area (Å²) in [5, 5.41) is 7.82. The topological polar surface area (TPSA) is 72.1 Å². The van der Waals surface area contributed by atoms with Gasteiger partial charge in [-0.05, 0) is 62.5 Å². The number of nitrogens with zero attached hydrogens (tertiary/aromatic N) is 4. The molecule has 0 amide bonds.